The first-order valence-electron chi connectivity index (χ1n) is 21.4. The van der Waals surface area contributed by atoms with E-state index in [0.717, 1.165) is 34.5 Å². The first-order chi connectivity index (χ1) is 31.1. The Morgan fingerprint density at radius 1 is 0.286 bits per heavy atom. The normalized spacial score (nSPS) is 12.1. The molecule has 1 aliphatic carbocycles. The van der Waals surface area contributed by atoms with Gasteiger partial charge in [0.15, 0.2) is 5.82 Å². The van der Waals surface area contributed by atoms with E-state index in [2.05, 4.69) is 206 Å². The number of hydrogen-bond donors (Lipinski definition) is 0. The molecule has 0 N–H and O–H groups in total. The molecule has 2 nitrogen and oxygen atoms in total. The zero-order valence-electron chi connectivity index (χ0n) is 34.0. The average molecular weight is 837 g/mol. The van der Waals surface area contributed by atoms with Crippen LogP contribution < -0.4 is 0 Å². The number of hydrogen-bond acceptors (Lipinski definition) is 4. The van der Waals surface area contributed by atoms with Crippen LogP contribution in [0.25, 0.3) is 119 Å². The SMILES string of the molecule is c1ccc2c(c1)Cc1ccc(-c3ccc(-c4nc(-c5ccc(-c6ccc7sc8ccccc8c7c6)cc5)cc(-c5ccc(-c6ccc7sc8ccccc8c7c6)cc5)n4)cc3)cc1-2. The number of rotatable bonds is 6. The minimum atomic E-state index is 0.703. The highest BCUT2D eigenvalue weighted by Gasteiger charge is 2.19. The molecule has 13 rings (SSSR count). The zero-order chi connectivity index (χ0) is 41.4. The zero-order valence-corrected chi connectivity index (χ0v) is 35.7. The van der Waals surface area contributed by atoms with Crippen LogP contribution in [0, 0.1) is 0 Å². The van der Waals surface area contributed by atoms with Crippen LogP contribution in [0.2, 0.25) is 0 Å². The molecule has 0 bridgehead atoms. The lowest BCUT2D eigenvalue weighted by molar-refractivity contribution is 1.18. The summed E-state index contributed by atoms with van der Waals surface area (Å²) in [5.41, 5.74) is 17.5. The highest BCUT2D eigenvalue weighted by atomic mass is 32.1. The van der Waals surface area contributed by atoms with Crippen molar-refractivity contribution in [2.24, 2.45) is 0 Å². The van der Waals surface area contributed by atoms with E-state index in [0.29, 0.717) is 5.82 Å². The van der Waals surface area contributed by atoms with Gasteiger partial charge in [0.2, 0.25) is 0 Å². The standard InChI is InChI=1S/C59H36N2S2/c1-2-8-47-45(7-1)31-46-26-25-42(32-50(46)47)38-17-23-41(24-18-38)59-60-53(39-19-13-36(14-20-39)43-27-29-57-51(33-43)48-9-3-5-11-55(48)62-57)35-54(61-59)40-21-15-37(16-22-40)44-28-30-58-52(34-44)49-10-4-6-12-56(49)63-58/h1-30,32-35H,31H2. The maximum Gasteiger partial charge on any atom is 0.160 e. The van der Waals surface area contributed by atoms with Crippen LogP contribution in [-0.4, -0.2) is 9.97 Å². The summed E-state index contributed by atoms with van der Waals surface area (Å²) in [6.07, 6.45) is 0.997. The van der Waals surface area contributed by atoms with Crippen molar-refractivity contribution in [3.8, 4) is 78.4 Å². The molecule has 0 saturated heterocycles. The molecule has 4 heteroatoms. The molecule has 3 aromatic heterocycles. The van der Waals surface area contributed by atoms with Crippen LogP contribution in [0.4, 0.5) is 0 Å². The van der Waals surface area contributed by atoms with E-state index < -0.39 is 0 Å². The fourth-order valence-corrected chi connectivity index (χ4v) is 11.6. The van der Waals surface area contributed by atoms with Gasteiger partial charge >= 0.3 is 0 Å². The summed E-state index contributed by atoms with van der Waals surface area (Å²) in [5, 5.41) is 5.24. The minimum Gasteiger partial charge on any atom is -0.228 e. The Labute approximate surface area is 373 Å². The van der Waals surface area contributed by atoms with Gasteiger partial charge in [-0.1, -0.05) is 158 Å². The second kappa shape index (κ2) is 14.6. The van der Waals surface area contributed by atoms with Crippen molar-refractivity contribution in [3.63, 3.8) is 0 Å². The van der Waals surface area contributed by atoms with E-state index in [9.17, 15) is 0 Å². The topological polar surface area (TPSA) is 25.8 Å². The van der Waals surface area contributed by atoms with Crippen LogP contribution in [0.5, 0.6) is 0 Å². The summed E-state index contributed by atoms with van der Waals surface area (Å²) in [4.78, 5) is 10.5. The number of aromatic nitrogens is 2. The van der Waals surface area contributed by atoms with Crippen molar-refractivity contribution in [1.29, 1.82) is 0 Å². The Hall–Kier alpha value is -7.50. The van der Waals surface area contributed by atoms with Gasteiger partial charge in [-0.2, -0.15) is 0 Å². The van der Waals surface area contributed by atoms with Crippen LogP contribution in [0.1, 0.15) is 11.1 Å². The molecule has 63 heavy (non-hydrogen) atoms. The summed E-state index contributed by atoms with van der Waals surface area (Å²) in [6, 6.07) is 75.2. The van der Waals surface area contributed by atoms with Gasteiger partial charge in [0.05, 0.1) is 11.4 Å². The Morgan fingerprint density at radius 3 is 1.27 bits per heavy atom. The lowest BCUT2D eigenvalue weighted by Crippen LogP contribution is -1.96. The molecule has 0 saturated carbocycles. The van der Waals surface area contributed by atoms with Crippen molar-refractivity contribution in [2.75, 3.05) is 0 Å². The van der Waals surface area contributed by atoms with E-state index in [1.54, 1.807) is 0 Å². The van der Waals surface area contributed by atoms with Gasteiger partial charge in [-0.15, -0.1) is 22.7 Å². The number of nitrogens with zero attached hydrogens (tertiary/aromatic N) is 2. The van der Waals surface area contributed by atoms with E-state index >= 15 is 0 Å². The van der Waals surface area contributed by atoms with Gasteiger partial charge in [0.25, 0.3) is 0 Å². The minimum absolute atomic E-state index is 0.703. The van der Waals surface area contributed by atoms with Gasteiger partial charge in [-0.25, -0.2) is 9.97 Å². The smallest absolute Gasteiger partial charge is 0.160 e. The van der Waals surface area contributed by atoms with E-state index in [1.807, 2.05) is 22.7 Å². The molecule has 0 unspecified atom stereocenters. The third-order valence-electron chi connectivity index (χ3n) is 12.8. The Kier molecular flexibility index (Phi) is 8.36. The van der Waals surface area contributed by atoms with Crippen LogP contribution in [0.3, 0.4) is 0 Å². The highest BCUT2D eigenvalue weighted by Crippen LogP contribution is 2.41. The molecule has 9 aromatic carbocycles. The lowest BCUT2D eigenvalue weighted by Gasteiger charge is -2.12. The molecule has 0 atom stereocenters. The van der Waals surface area contributed by atoms with E-state index in [4.69, 9.17) is 9.97 Å². The molecule has 0 amide bonds. The molecule has 0 radical (unpaired) electrons. The third-order valence-corrected chi connectivity index (χ3v) is 15.1. The molecule has 3 heterocycles. The van der Waals surface area contributed by atoms with Gasteiger partial charge in [0, 0.05) is 57.0 Å². The van der Waals surface area contributed by atoms with Crippen molar-refractivity contribution in [2.45, 2.75) is 6.42 Å². The van der Waals surface area contributed by atoms with Crippen LogP contribution in [0.15, 0.2) is 206 Å². The van der Waals surface area contributed by atoms with Crippen LogP contribution >= 0.6 is 22.7 Å². The maximum absolute atomic E-state index is 5.25. The molecule has 0 fully saturated rings. The molecular formula is C59H36N2S2. The van der Waals surface area contributed by atoms with Gasteiger partial charge < -0.3 is 0 Å². The number of benzene rings is 9. The fraction of sp³-hybridized carbons (Fsp3) is 0.0169. The largest absolute Gasteiger partial charge is 0.228 e. The van der Waals surface area contributed by atoms with Crippen LogP contribution in [-0.2, 0) is 6.42 Å². The maximum atomic E-state index is 5.25. The third kappa shape index (κ3) is 6.29. The molecule has 12 aromatic rings. The molecular weight excluding hydrogens is 801 g/mol. The number of thiophene rings is 2. The lowest BCUT2D eigenvalue weighted by atomic mass is 9.97. The van der Waals surface area contributed by atoms with Gasteiger partial charge in [0.1, 0.15) is 0 Å². The van der Waals surface area contributed by atoms with Gasteiger partial charge in [-0.3, -0.25) is 0 Å². The van der Waals surface area contributed by atoms with Crippen molar-refractivity contribution >= 4 is 63.0 Å². The summed E-state index contributed by atoms with van der Waals surface area (Å²) < 4.78 is 5.27. The van der Waals surface area contributed by atoms with Gasteiger partial charge in [-0.05, 0) is 111 Å². The van der Waals surface area contributed by atoms with Crippen molar-refractivity contribution in [3.05, 3.63) is 217 Å². The van der Waals surface area contributed by atoms with Crippen molar-refractivity contribution in [1.82, 2.24) is 9.97 Å². The number of fused-ring (bicyclic) bond motifs is 9. The summed E-state index contributed by atoms with van der Waals surface area (Å²) in [5.74, 6) is 0.703. The quantitative estimate of drug-likeness (QED) is 0.167. The van der Waals surface area contributed by atoms with E-state index in [1.165, 1.54) is 96.0 Å². The highest BCUT2D eigenvalue weighted by molar-refractivity contribution is 7.26. The van der Waals surface area contributed by atoms with E-state index in [-0.39, 0.29) is 0 Å². The average Bonchev–Trinajstić information content (AvgIpc) is 4.04. The second-order valence-electron chi connectivity index (χ2n) is 16.5. The fourth-order valence-electron chi connectivity index (χ4n) is 9.47. The Bertz CT molecular complexity index is 3570. The Morgan fingerprint density at radius 2 is 0.698 bits per heavy atom. The predicted octanol–water partition coefficient (Wildman–Crippen LogP) is 16.8. The molecule has 1 aliphatic rings. The summed E-state index contributed by atoms with van der Waals surface area (Å²) in [7, 11) is 0. The van der Waals surface area contributed by atoms with Crippen molar-refractivity contribution < 1.29 is 0 Å². The monoisotopic (exact) mass is 836 g/mol. The summed E-state index contributed by atoms with van der Waals surface area (Å²) in [6.45, 7) is 0. The first kappa shape index (κ1) is 36.2. The molecule has 0 spiro atoms. The Balaban J connectivity index is 0.867. The predicted molar refractivity (Wildman–Crippen MR) is 269 cm³/mol. The molecule has 0 aliphatic heterocycles. The summed E-state index contributed by atoms with van der Waals surface area (Å²) >= 11 is 3.70. The second-order valence-corrected chi connectivity index (χ2v) is 18.7. The molecule has 294 valence electrons. The first-order valence-corrected chi connectivity index (χ1v) is 23.0.